The Labute approximate surface area is 130 Å². The van der Waals surface area contributed by atoms with Crippen molar-refractivity contribution in [3.05, 3.63) is 34.6 Å². The quantitative estimate of drug-likeness (QED) is 0.928. The molecule has 116 valence electrons. The molecule has 0 aromatic heterocycles. The third kappa shape index (κ3) is 3.95. The summed E-state index contributed by atoms with van der Waals surface area (Å²) in [7, 11) is 1.71. The Bertz CT molecular complexity index is 481. The lowest BCUT2D eigenvalue weighted by Gasteiger charge is -2.30. The molecule has 1 aromatic carbocycles. The molecule has 0 bridgehead atoms. The number of amides is 1. The van der Waals surface area contributed by atoms with E-state index in [4.69, 9.17) is 17.3 Å². The smallest absolute Gasteiger partial charge is 0.225 e. The average Bonchev–Trinajstić information content (AvgIpc) is 2.50. The fraction of sp³-hybridized carbons (Fsp3) is 0.562. The van der Waals surface area contributed by atoms with Crippen molar-refractivity contribution in [2.24, 2.45) is 17.6 Å². The number of halogens is 2. The SMILES string of the molecule is CN(Cc1c(F)cccc1Cl)C(=O)C1CCC(CN)CC1. The molecule has 0 radical (unpaired) electrons. The summed E-state index contributed by atoms with van der Waals surface area (Å²) >= 11 is 6.01. The van der Waals surface area contributed by atoms with Crippen LogP contribution < -0.4 is 5.73 Å². The number of nitrogens with two attached hydrogens (primary N) is 1. The van der Waals surface area contributed by atoms with Crippen LogP contribution >= 0.6 is 11.6 Å². The molecule has 0 heterocycles. The van der Waals surface area contributed by atoms with Crippen LogP contribution in [0.5, 0.6) is 0 Å². The second kappa shape index (κ2) is 7.23. The summed E-state index contributed by atoms with van der Waals surface area (Å²) in [6.07, 6.45) is 3.74. The Kier molecular flexibility index (Phi) is 5.59. The predicted octanol–water partition coefficient (Wildman–Crippen LogP) is 3.20. The van der Waals surface area contributed by atoms with Crippen molar-refractivity contribution in [2.45, 2.75) is 32.2 Å². The van der Waals surface area contributed by atoms with E-state index in [0.29, 0.717) is 23.0 Å². The highest BCUT2D eigenvalue weighted by Gasteiger charge is 2.28. The van der Waals surface area contributed by atoms with Crippen LogP contribution in [0.25, 0.3) is 0 Å². The first-order valence-electron chi connectivity index (χ1n) is 7.40. The Balaban J connectivity index is 1.97. The van der Waals surface area contributed by atoms with E-state index in [2.05, 4.69) is 0 Å². The minimum atomic E-state index is -0.367. The molecule has 1 saturated carbocycles. The molecule has 0 aliphatic heterocycles. The van der Waals surface area contributed by atoms with Crippen LogP contribution in [-0.2, 0) is 11.3 Å². The summed E-state index contributed by atoms with van der Waals surface area (Å²) in [5, 5.41) is 0.362. The van der Waals surface area contributed by atoms with Crippen LogP contribution in [-0.4, -0.2) is 24.4 Å². The first-order valence-corrected chi connectivity index (χ1v) is 7.78. The number of hydrogen-bond donors (Lipinski definition) is 1. The van der Waals surface area contributed by atoms with Gasteiger partial charge in [-0.05, 0) is 50.3 Å². The van der Waals surface area contributed by atoms with Crippen molar-refractivity contribution in [1.29, 1.82) is 0 Å². The fourth-order valence-corrected chi connectivity index (χ4v) is 3.18. The average molecular weight is 313 g/mol. The zero-order valence-electron chi connectivity index (χ0n) is 12.3. The molecule has 2 rings (SSSR count). The van der Waals surface area contributed by atoms with Gasteiger partial charge in [0.15, 0.2) is 0 Å². The molecule has 0 atom stereocenters. The van der Waals surface area contributed by atoms with Gasteiger partial charge in [0.1, 0.15) is 5.82 Å². The zero-order valence-corrected chi connectivity index (χ0v) is 13.1. The highest BCUT2D eigenvalue weighted by molar-refractivity contribution is 6.31. The minimum absolute atomic E-state index is 0.0309. The van der Waals surface area contributed by atoms with Crippen LogP contribution in [0.15, 0.2) is 18.2 Å². The van der Waals surface area contributed by atoms with E-state index in [9.17, 15) is 9.18 Å². The maximum Gasteiger partial charge on any atom is 0.225 e. The molecule has 1 amide bonds. The van der Waals surface area contributed by atoms with Gasteiger partial charge in [0, 0.05) is 30.1 Å². The molecule has 3 nitrogen and oxygen atoms in total. The molecule has 2 N–H and O–H groups in total. The number of carbonyl (C=O) groups excluding carboxylic acids is 1. The van der Waals surface area contributed by atoms with E-state index in [0.717, 1.165) is 25.7 Å². The Morgan fingerprint density at radius 3 is 2.62 bits per heavy atom. The first kappa shape index (κ1) is 16.2. The summed E-state index contributed by atoms with van der Waals surface area (Å²) in [5.74, 6) is 0.280. The van der Waals surface area contributed by atoms with Gasteiger partial charge < -0.3 is 10.6 Å². The third-order valence-electron chi connectivity index (χ3n) is 4.36. The highest BCUT2D eigenvalue weighted by atomic mass is 35.5. The van der Waals surface area contributed by atoms with Gasteiger partial charge in [-0.25, -0.2) is 4.39 Å². The van der Waals surface area contributed by atoms with Gasteiger partial charge in [-0.2, -0.15) is 0 Å². The van der Waals surface area contributed by atoms with E-state index >= 15 is 0 Å². The van der Waals surface area contributed by atoms with E-state index in [1.807, 2.05) is 0 Å². The molecule has 1 aliphatic rings. The van der Waals surface area contributed by atoms with Crippen LogP contribution in [0.3, 0.4) is 0 Å². The summed E-state index contributed by atoms with van der Waals surface area (Å²) in [6.45, 7) is 0.905. The van der Waals surface area contributed by atoms with E-state index in [1.54, 1.807) is 24.1 Å². The van der Waals surface area contributed by atoms with E-state index in [-0.39, 0.29) is 24.2 Å². The third-order valence-corrected chi connectivity index (χ3v) is 4.72. The van der Waals surface area contributed by atoms with Gasteiger partial charge in [-0.15, -0.1) is 0 Å². The summed E-state index contributed by atoms with van der Waals surface area (Å²) in [6, 6.07) is 4.58. The Hall–Kier alpha value is -1.13. The van der Waals surface area contributed by atoms with Gasteiger partial charge >= 0.3 is 0 Å². The minimum Gasteiger partial charge on any atom is -0.341 e. The van der Waals surface area contributed by atoms with Crippen LogP contribution in [0, 0.1) is 17.7 Å². The largest absolute Gasteiger partial charge is 0.341 e. The predicted molar refractivity (Wildman–Crippen MR) is 82.4 cm³/mol. The second-order valence-corrected chi connectivity index (χ2v) is 6.26. The fourth-order valence-electron chi connectivity index (χ4n) is 2.96. The number of rotatable bonds is 4. The molecule has 21 heavy (non-hydrogen) atoms. The zero-order chi connectivity index (χ0) is 15.4. The maximum atomic E-state index is 13.8. The molecule has 1 aliphatic carbocycles. The van der Waals surface area contributed by atoms with Crippen LogP contribution in [0.1, 0.15) is 31.2 Å². The first-order chi connectivity index (χ1) is 10.0. The van der Waals surface area contributed by atoms with Gasteiger partial charge in [0.2, 0.25) is 5.91 Å². The topological polar surface area (TPSA) is 46.3 Å². The highest BCUT2D eigenvalue weighted by Crippen LogP contribution is 2.30. The van der Waals surface area contributed by atoms with Crippen LogP contribution in [0.4, 0.5) is 4.39 Å². The molecule has 1 fully saturated rings. The lowest BCUT2D eigenvalue weighted by molar-refractivity contribution is -0.136. The van der Waals surface area contributed by atoms with Crippen LogP contribution in [0.2, 0.25) is 5.02 Å². The summed E-state index contributed by atoms with van der Waals surface area (Å²) in [5.41, 5.74) is 6.05. The standard InChI is InChI=1S/C16H22ClFN2O/c1-20(10-13-14(17)3-2-4-15(13)18)16(21)12-7-5-11(9-19)6-8-12/h2-4,11-12H,5-10,19H2,1H3. The maximum absolute atomic E-state index is 13.8. The summed E-state index contributed by atoms with van der Waals surface area (Å²) < 4.78 is 13.8. The number of nitrogens with zero attached hydrogens (tertiary/aromatic N) is 1. The molecule has 0 unspecified atom stereocenters. The Morgan fingerprint density at radius 1 is 1.38 bits per heavy atom. The number of hydrogen-bond acceptors (Lipinski definition) is 2. The normalized spacial score (nSPS) is 22.1. The lowest BCUT2D eigenvalue weighted by atomic mass is 9.81. The van der Waals surface area contributed by atoms with Gasteiger partial charge in [0.25, 0.3) is 0 Å². The molecular formula is C16H22ClFN2O. The van der Waals surface area contributed by atoms with E-state index < -0.39 is 0 Å². The van der Waals surface area contributed by atoms with Crippen molar-refractivity contribution in [1.82, 2.24) is 4.90 Å². The van der Waals surface area contributed by atoms with Crippen molar-refractivity contribution in [3.63, 3.8) is 0 Å². The van der Waals surface area contributed by atoms with Gasteiger partial charge in [-0.1, -0.05) is 17.7 Å². The van der Waals surface area contributed by atoms with Crippen molar-refractivity contribution < 1.29 is 9.18 Å². The molecule has 5 heteroatoms. The molecular weight excluding hydrogens is 291 g/mol. The van der Waals surface area contributed by atoms with Gasteiger partial charge in [-0.3, -0.25) is 4.79 Å². The molecule has 1 aromatic rings. The van der Waals surface area contributed by atoms with Crippen molar-refractivity contribution in [3.8, 4) is 0 Å². The summed E-state index contributed by atoms with van der Waals surface area (Å²) in [4.78, 5) is 14.0. The molecule has 0 spiro atoms. The lowest BCUT2D eigenvalue weighted by Crippen LogP contribution is -2.35. The number of benzene rings is 1. The van der Waals surface area contributed by atoms with Gasteiger partial charge in [0.05, 0.1) is 0 Å². The van der Waals surface area contributed by atoms with E-state index in [1.165, 1.54) is 6.07 Å². The molecule has 0 saturated heterocycles. The van der Waals surface area contributed by atoms with Crippen molar-refractivity contribution >= 4 is 17.5 Å². The monoisotopic (exact) mass is 312 g/mol. The van der Waals surface area contributed by atoms with Crippen molar-refractivity contribution in [2.75, 3.05) is 13.6 Å². The number of carbonyl (C=O) groups is 1. The Morgan fingerprint density at radius 2 is 2.05 bits per heavy atom. The second-order valence-electron chi connectivity index (χ2n) is 5.85.